The Balaban J connectivity index is 1.24. The number of piperazine rings is 1. The fourth-order valence-electron chi connectivity index (χ4n) is 5.39. The number of carbonyl (C=O) groups excluding carboxylic acids is 1. The van der Waals surface area contributed by atoms with E-state index in [1.165, 1.54) is 59.3 Å². The van der Waals surface area contributed by atoms with E-state index >= 15 is 4.39 Å². The Labute approximate surface area is 257 Å². The summed E-state index contributed by atoms with van der Waals surface area (Å²) in [6.07, 6.45) is 3.72. The molecule has 2 aliphatic heterocycles. The van der Waals surface area contributed by atoms with Gasteiger partial charge in [-0.2, -0.15) is 0 Å². The number of halogens is 2. The van der Waals surface area contributed by atoms with Crippen LogP contribution in [0.1, 0.15) is 23.0 Å². The van der Waals surface area contributed by atoms with Crippen molar-refractivity contribution in [1.29, 1.82) is 0 Å². The summed E-state index contributed by atoms with van der Waals surface area (Å²) in [5.41, 5.74) is 0.497. The van der Waals surface area contributed by atoms with Gasteiger partial charge in [-0.15, -0.1) is 0 Å². The molecular formula is C32H31F2N5O4S. The van der Waals surface area contributed by atoms with Crippen LogP contribution in [0.25, 0.3) is 5.69 Å². The van der Waals surface area contributed by atoms with Crippen molar-refractivity contribution in [3.8, 4) is 17.2 Å². The number of hydrogen-bond donors (Lipinski definition) is 2. The third-order valence-corrected chi connectivity index (χ3v) is 8.75. The van der Waals surface area contributed by atoms with Crippen LogP contribution < -0.4 is 25.7 Å². The molecule has 2 aromatic heterocycles. The highest BCUT2D eigenvalue weighted by Gasteiger charge is 2.43. The van der Waals surface area contributed by atoms with Gasteiger partial charge in [-0.1, -0.05) is 11.8 Å². The van der Waals surface area contributed by atoms with Gasteiger partial charge in [-0.05, 0) is 61.5 Å². The molecule has 12 heteroatoms. The van der Waals surface area contributed by atoms with Crippen LogP contribution in [0.2, 0.25) is 0 Å². The standard InChI is InChI=1S/C32H31F2N5O4S/c1-2-42-27-11-15-39(23-8-5-21(33)6-9-23)31(41)29(27)30(40)37-22-7-10-26(24(34)18-22)43-32(20-38-16-13-35-14-17-38)19-25-28(44-32)4-3-12-36-25/h3-12,15,18,35H,2,13-14,16-17,19-20H2,1H3,(H,37,40). The number of fused-ring (bicyclic) bond motifs is 1. The van der Waals surface area contributed by atoms with Crippen molar-refractivity contribution in [2.24, 2.45) is 0 Å². The number of carbonyl (C=O) groups is 1. The average molecular weight is 620 g/mol. The van der Waals surface area contributed by atoms with E-state index in [1.54, 1.807) is 24.9 Å². The minimum atomic E-state index is -0.776. The average Bonchev–Trinajstić information content (AvgIpc) is 3.37. The quantitative estimate of drug-likeness (QED) is 0.283. The number of anilines is 1. The number of aromatic nitrogens is 2. The maximum Gasteiger partial charge on any atom is 0.271 e. The van der Waals surface area contributed by atoms with Gasteiger partial charge in [0.1, 0.15) is 17.1 Å². The largest absolute Gasteiger partial charge is 0.493 e. The second-order valence-corrected chi connectivity index (χ2v) is 11.9. The first-order valence-corrected chi connectivity index (χ1v) is 15.2. The summed E-state index contributed by atoms with van der Waals surface area (Å²) in [5, 5.41) is 5.97. The number of amides is 1. The van der Waals surface area contributed by atoms with Crippen LogP contribution in [0.3, 0.4) is 0 Å². The molecule has 1 atom stereocenters. The molecule has 6 rings (SSSR count). The Hall–Kier alpha value is -4.26. The molecule has 2 N–H and O–H groups in total. The van der Waals surface area contributed by atoms with Crippen molar-refractivity contribution >= 4 is 23.4 Å². The molecule has 4 heterocycles. The fourth-order valence-corrected chi connectivity index (χ4v) is 6.77. The van der Waals surface area contributed by atoms with Gasteiger partial charge in [0.05, 0.1) is 12.3 Å². The van der Waals surface area contributed by atoms with Crippen LogP contribution in [0.15, 0.2) is 82.7 Å². The Morgan fingerprint density at radius 1 is 1.09 bits per heavy atom. The summed E-state index contributed by atoms with van der Waals surface area (Å²) in [6.45, 7) is 5.99. The van der Waals surface area contributed by atoms with Crippen molar-refractivity contribution in [3.63, 3.8) is 0 Å². The van der Waals surface area contributed by atoms with E-state index in [1.807, 2.05) is 12.1 Å². The second kappa shape index (κ2) is 12.8. The maximum absolute atomic E-state index is 15.6. The smallest absolute Gasteiger partial charge is 0.271 e. The molecule has 0 saturated carbocycles. The SMILES string of the molecule is CCOc1ccn(-c2ccc(F)cc2)c(=O)c1C(=O)Nc1ccc(OC2(CN3CCNCC3)Cc3ncccc3S2)c(F)c1. The van der Waals surface area contributed by atoms with Crippen LogP contribution in [-0.4, -0.2) is 64.6 Å². The molecule has 2 aliphatic rings. The number of nitrogens with one attached hydrogen (secondary N) is 2. The summed E-state index contributed by atoms with van der Waals surface area (Å²) in [4.78, 5) is 33.9. The number of hydrogen-bond acceptors (Lipinski definition) is 8. The molecule has 0 aliphatic carbocycles. The Bertz CT molecular complexity index is 1700. The minimum Gasteiger partial charge on any atom is -0.493 e. The van der Waals surface area contributed by atoms with E-state index < -0.39 is 28.0 Å². The van der Waals surface area contributed by atoms with Gasteiger partial charge < -0.3 is 20.1 Å². The van der Waals surface area contributed by atoms with Gasteiger partial charge in [0.2, 0.25) is 0 Å². The summed E-state index contributed by atoms with van der Waals surface area (Å²) >= 11 is 1.55. The first-order chi connectivity index (χ1) is 21.3. The lowest BCUT2D eigenvalue weighted by Gasteiger charge is -2.36. The molecule has 4 aromatic rings. The molecule has 1 saturated heterocycles. The normalized spacial score (nSPS) is 18.1. The molecule has 0 spiro atoms. The van der Waals surface area contributed by atoms with Crippen molar-refractivity contribution in [1.82, 2.24) is 19.8 Å². The summed E-state index contributed by atoms with van der Waals surface area (Å²) in [5.74, 6) is -1.76. The van der Waals surface area contributed by atoms with E-state index in [4.69, 9.17) is 9.47 Å². The van der Waals surface area contributed by atoms with E-state index in [2.05, 4.69) is 20.5 Å². The summed E-state index contributed by atoms with van der Waals surface area (Å²) in [7, 11) is 0. The zero-order valence-electron chi connectivity index (χ0n) is 24.0. The Morgan fingerprint density at radius 3 is 2.61 bits per heavy atom. The number of thioether (sulfide) groups is 1. The third-order valence-electron chi connectivity index (χ3n) is 7.43. The molecule has 228 valence electrons. The molecule has 9 nitrogen and oxygen atoms in total. The van der Waals surface area contributed by atoms with Gasteiger partial charge in [0.15, 0.2) is 16.5 Å². The summed E-state index contributed by atoms with van der Waals surface area (Å²) < 4.78 is 42.3. The molecule has 44 heavy (non-hydrogen) atoms. The predicted molar refractivity (Wildman–Crippen MR) is 164 cm³/mol. The molecule has 1 unspecified atom stereocenters. The molecule has 1 amide bonds. The van der Waals surface area contributed by atoms with Crippen LogP contribution in [-0.2, 0) is 6.42 Å². The van der Waals surface area contributed by atoms with E-state index in [0.29, 0.717) is 18.7 Å². The Kier molecular flexibility index (Phi) is 8.65. The van der Waals surface area contributed by atoms with Gasteiger partial charge in [-0.3, -0.25) is 24.0 Å². The predicted octanol–water partition coefficient (Wildman–Crippen LogP) is 4.49. The van der Waals surface area contributed by atoms with E-state index in [-0.39, 0.29) is 29.4 Å². The second-order valence-electron chi connectivity index (χ2n) is 10.5. The van der Waals surface area contributed by atoms with Gasteiger partial charge in [0.25, 0.3) is 11.5 Å². The first-order valence-electron chi connectivity index (χ1n) is 14.3. The zero-order chi connectivity index (χ0) is 30.7. The zero-order valence-corrected chi connectivity index (χ0v) is 24.8. The van der Waals surface area contributed by atoms with Crippen LogP contribution >= 0.6 is 11.8 Å². The van der Waals surface area contributed by atoms with Crippen molar-refractivity contribution in [2.45, 2.75) is 23.2 Å². The van der Waals surface area contributed by atoms with Crippen LogP contribution in [0, 0.1) is 11.6 Å². The van der Waals surface area contributed by atoms with Crippen LogP contribution in [0.4, 0.5) is 14.5 Å². The van der Waals surface area contributed by atoms with Crippen molar-refractivity contribution < 1.29 is 23.0 Å². The number of pyridine rings is 2. The van der Waals surface area contributed by atoms with Gasteiger partial charge in [-0.25, -0.2) is 8.78 Å². The van der Waals surface area contributed by atoms with Crippen LogP contribution in [0.5, 0.6) is 11.5 Å². The van der Waals surface area contributed by atoms with Crippen molar-refractivity contribution in [2.75, 3.05) is 44.6 Å². The van der Waals surface area contributed by atoms with Crippen molar-refractivity contribution in [3.05, 3.63) is 106 Å². The number of rotatable bonds is 9. The highest BCUT2D eigenvalue weighted by molar-refractivity contribution is 8.00. The van der Waals surface area contributed by atoms with E-state index in [0.717, 1.165) is 36.8 Å². The topological polar surface area (TPSA) is 97.7 Å². The molecular weight excluding hydrogens is 588 g/mol. The molecule has 2 aromatic carbocycles. The van der Waals surface area contributed by atoms with E-state index in [9.17, 15) is 14.0 Å². The first kappa shape index (κ1) is 29.8. The fraction of sp³-hybridized carbons (Fsp3) is 0.281. The number of nitrogens with zero attached hydrogens (tertiary/aromatic N) is 3. The lowest BCUT2D eigenvalue weighted by atomic mass is 10.1. The number of ether oxygens (including phenoxy) is 2. The number of benzene rings is 2. The van der Waals surface area contributed by atoms with Gasteiger partial charge in [0, 0.05) is 73.9 Å². The highest BCUT2D eigenvalue weighted by Crippen LogP contribution is 2.46. The maximum atomic E-state index is 15.6. The molecule has 1 fully saturated rings. The minimum absolute atomic E-state index is 0.0480. The third kappa shape index (κ3) is 6.33. The van der Waals surface area contributed by atoms with Gasteiger partial charge >= 0.3 is 0 Å². The Morgan fingerprint density at radius 2 is 1.89 bits per heavy atom. The summed E-state index contributed by atoms with van der Waals surface area (Å²) in [6, 6.07) is 14.8. The molecule has 0 radical (unpaired) electrons. The lowest BCUT2D eigenvalue weighted by Crippen LogP contribution is -2.51. The lowest BCUT2D eigenvalue weighted by molar-refractivity contribution is 0.0955. The highest BCUT2D eigenvalue weighted by atomic mass is 32.2. The molecule has 0 bridgehead atoms. The monoisotopic (exact) mass is 619 g/mol.